The molecule has 19 heavy (non-hydrogen) atoms. The van der Waals surface area contributed by atoms with Crippen LogP contribution in [0.5, 0.6) is 5.88 Å². The first-order valence-electron chi connectivity index (χ1n) is 5.69. The van der Waals surface area contributed by atoms with Crippen LogP contribution in [0.15, 0.2) is 36.7 Å². The van der Waals surface area contributed by atoms with Crippen molar-refractivity contribution in [1.29, 1.82) is 0 Å². The minimum absolute atomic E-state index is 0.352. The van der Waals surface area contributed by atoms with E-state index in [0.717, 1.165) is 5.56 Å². The summed E-state index contributed by atoms with van der Waals surface area (Å²) in [6, 6.07) is 6.98. The molecule has 6 heteroatoms. The van der Waals surface area contributed by atoms with E-state index in [1.807, 2.05) is 12.1 Å². The number of pyridine rings is 2. The van der Waals surface area contributed by atoms with Gasteiger partial charge in [-0.3, -0.25) is 4.79 Å². The maximum absolute atomic E-state index is 11.3. The maximum atomic E-state index is 11.3. The van der Waals surface area contributed by atoms with E-state index in [-0.39, 0.29) is 0 Å². The first-order chi connectivity index (χ1) is 9.22. The zero-order chi connectivity index (χ0) is 13.7. The molecule has 3 N–H and O–H groups in total. The number of methoxy groups -OCH3 is 1. The number of carbonyl (C=O) groups is 1. The van der Waals surface area contributed by atoms with E-state index in [1.165, 1.54) is 0 Å². The molecule has 0 radical (unpaired) electrons. The third-order valence-electron chi connectivity index (χ3n) is 2.56. The maximum Gasteiger partial charge on any atom is 0.252 e. The van der Waals surface area contributed by atoms with E-state index < -0.39 is 5.91 Å². The topological polar surface area (TPSA) is 90.1 Å². The van der Waals surface area contributed by atoms with Crippen molar-refractivity contribution >= 4 is 11.7 Å². The highest BCUT2D eigenvalue weighted by Crippen LogP contribution is 2.17. The van der Waals surface area contributed by atoms with Crippen LogP contribution < -0.4 is 15.8 Å². The highest BCUT2D eigenvalue weighted by Gasteiger charge is 2.09. The molecule has 0 atom stereocenters. The molecular weight excluding hydrogens is 244 g/mol. The van der Waals surface area contributed by atoms with Crippen LogP contribution in [0.2, 0.25) is 0 Å². The van der Waals surface area contributed by atoms with Crippen LogP contribution in [0, 0.1) is 0 Å². The van der Waals surface area contributed by atoms with Crippen molar-refractivity contribution in [2.24, 2.45) is 5.73 Å². The molecule has 0 spiro atoms. The summed E-state index contributed by atoms with van der Waals surface area (Å²) < 4.78 is 5.15. The van der Waals surface area contributed by atoms with Gasteiger partial charge in [0.25, 0.3) is 5.91 Å². The minimum atomic E-state index is -0.520. The lowest BCUT2D eigenvalue weighted by Crippen LogP contribution is -2.15. The number of rotatable bonds is 5. The van der Waals surface area contributed by atoms with Crippen molar-refractivity contribution in [3.8, 4) is 5.88 Å². The summed E-state index contributed by atoms with van der Waals surface area (Å²) >= 11 is 0. The molecule has 0 aliphatic heterocycles. The first kappa shape index (κ1) is 12.8. The van der Waals surface area contributed by atoms with Gasteiger partial charge in [-0.1, -0.05) is 6.07 Å². The Hall–Kier alpha value is -2.63. The van der Waals surface area contributed by atoms with Gasteiger partial charge in [0.05, 0.1) is 12.7 Å². The van der Waals surface area contributed by atoms with Crippen LogP contribution in [0.25, 0.3) is 0 Å². The van der Waals surface area contributed by atoms with Gasteiger partial charge in [0.1, 0.15) is 5.82 Å². The lowest BCUT2D eigenvalue weighted by atomic mass is 10.2. The highest BCUT2D eigenvalue weighted by molar-refractivity contribution is 5.97. The Morgan fingerprint density at radius 1 is 1.32 bits per heavy atom. The zero-order valence-corrected chi connectivity index (χ0v) is 10.5. The monoisotopic (exact) mass is 258 g/mol. The average molecular weight is 258 g/mol. The quantitative estimate of drug-likeness (QED) is 0.840. The van der Waals surface area contributed by atoms with Crippen LogP contribution in [-0.2, 0) is 6.54 Å². The van der Waals surface area contributed by atoms with Gasteiger partial charge < -0.3 is 15.8 Å². The van der Waals surface area contributed by atoms with Crippen LogP contribution in [0.3, 0.4) is 0 Å². The Labute approximate surface area is 110 Å². The fraction of sp³-hybridized carbons (Fsp3) is 0.154. The fourth-order valence-corrected chi connectivity index (χ4v) is 1.67. The summed E-state index contributed by atoms with van der Waals surface area (Å²) in [6.45, 7) is 0.439. The van der Waals surface area contributed by atoms with Crippen LogP contribution in [0.1, 0.15) is 15.9 Å². The van der Waals surface area contributed by atoms with Crippen LogP contribution in [0.4, 0.5) is 5.82 Å². The average Bonchev–Trinajstić information content (AvgIpc) is 2.45. The second-order valence-corrected chi connectivity index (χ2v) is 3.79. The number of aromatic nitrogens is 2. The number of nitrogens with zero attached hydrogens (tertiary/aromatic N) is 2. The summed E-state index contributed by atoms with van der Waals surface area (Å²) in [5.41, 5.74) is 6.50. The molecule has 0 bridgehead atoms. The van der Waals surface area contributed by atoms with Crippen LogP contribution >= 0.6 is 0 Å². The molecule has 98 valence electrons. The number of ether oxygens (including phenoxy) is 1. The molecule has 0 aliphatic rings. The van der Waals surface area contributed by atoms with Gasteiger partial charge in [-0.15, -0.1) is 0 Å². The Balaban J connectivity index is 2.17. The van der Waals surface area contributed by atoms with Gasteiger partial charge in [0.15, 0.2) is 0 Å². The minimum Gasteiger partial charge on any atom is -0.481 e. The second kappa shape index (κ2) is 5.81. The lowest BCUT2D eigenvalue weighted by Gasteiger charge is -2.10. The normalized spacial score (nSPS) is 9.95. The standard InChI is InChI=1S/C13H14N4O2/c1-19-13-9(4-2-7-16-13)8-17-12-10(11(14)18)5-3-6-15-12/h2-7H,8H2,1H3,(H2,14,18)(H,15,17). The molecule has 0 saturated carbocycles. The zero-order valence-electron chi connectivity index (χ0n) is 10.5. The molecule has 1 amide bonds. The molecule has 0 aromatic carbocycles. The van der Waals surface area contributed by atoms with Crippen molar-refractivity contribution in [3.63, 3.8) is 0 Å². The first-order valence-corrected chi connectivity index (χ1v) is 5.69. The fourth-order valence-electron chi connectivity index (χ4n) is 1.67. The molecule has 0 saturated heterocycles. The number of hydrogen-bond donors (Lipinski definition) is 2. The van der Waals surface area contributed by atoms with E-state index in [1.54, 1.807) is 31.6 Å². The van der Waals surface area contributed by atoms with Crippen LogP contribution in [-0.4, -0.2) is 23.0 Å². The van der Waals surface area contributed by atoms with Gasteiger partial charge in [-0.25, -0.2) is 9.97 Å². The second-order valence-electron chi connectivity index (χ2n) is 3.79. The summed E-state index contributed by atoms with van der Waals surface area (Å²) in [5, 5.41) is 3.05. The van der Waals surface area contributed by atoms with E-state index in [9.17, 15) is 4.79 Å². The Morgan fingerprint density at radius 3 is 2.79 bits per heavy atom. The van der Waals surface area contributed by atoms with Crippen molar-refractivity contribution in [1.82, 2.24) is 9.97 Å². The summed E-state index contributed by atoms with van der Waals surface area (Å²) in [6.07, 6.45) is 3.24. The molecule has 2 heterocycles. The van der Waals surface area contributed by atoms with Gasteiger partial charge >= 0.3 is 0 Å². The third-order valence-corrected chi connectivity index (χ3v) is 2.56. The molecule has 0 unspecified atom stereocenters. The molecule has 6 nitrogen and oxygen atoms in total. The van der Waals surface area contributed by atoms with E-state index >= 15 is 0 Å². The number of hydrogen-bond acceptors (Lipinski definition) is 5. The van der Waals surface area contributed by atoms with Gasteiger partial charge in [-0.05, 0) is 18.2 Å². The third kappa shape index (κ3) is 2.98. The van der Waals surface area contributed by atoms with Crippen molar-refractivity contribution in [3.05, 3.63) is 47.8 Å². The molecule has 0 fully saturated rings. The summed E-state index contributed by atoms with van der Waals surface area (Å²) in [7, 11) is 1.56. The molecule has 0 aliphatic carbocycles. The molecular formula is C13H14N4O2. The predicted molar refractivity (Wildman–Crippen MR) is 70.9 cm³/mol. The number of anilines is 1. The Kier molecular flexibility index (Phi) is 3.92. The molecule has 2 rings (SSSR count). The highest BCUT2D eigenvalue weighted by atomic mass is 16.5. The number of nitrogens with one attached hydrogen (secondary N) is 1. The summed E-state index contributed by atoms with van der Waals surface area (Å²) in [5.74, 6) is 0.459. The predicted octanol–water partition coefficient (Wildman–Crippen LogP) is 1.20. The SMILES string of the molecule is COc1ncccc1CNc1ncccc1C(N)=O. The smallest absolute Gasteiger partial charge is 0.252 e. The Bertz CT molecular complexity index is 586. The van der Waals surface area contributed by atoms with E-state index in [2.05, 4.69) is 15.3 Å². The van der Waals surface area contributed by atoms with E-state index in [0.29, 0.717) is 23.8 Å². The van der Waals surface area contributed by atoms with Crippen molar-refractivity contribution in [2.75, 3.05) is 12.4 Å². The van der Waals surface area contributed by atoms with Gasteiger partial charge in [0.2, 0.25) is 5.88 Å². The van der Waals surface area contributed by atoms with Crippen molar-refractivity contribution < 1.29 is 9.53 Å². The molecule has 2 aromatic heterocycles. The molecule has 2 aromatic rings. The number of nitrogens with two attached hydrogens (primary N) is 1. The lowest BCUT2D eigenvalue weighted by molar-refractivity contribution is 0.100. The number of primary amides is 1. The summed E-state index contributed by atoms with van der Waals surface area (Å²) in [4.78, 5) is 19.5. The number of amides is 1. The van der Waals surface area contributed by atoms with Gasteiger partial charge in [-0.2, -0.15) is 0 Å². The number of carbonyl (C=O) groups excluding carboxylic acids is 1. The largest absolute Gasteiger partial charge is 0.481 e. The van der Waals surface area contributed by atoms with E-state index in [4.69, 9.17) is 10.5 Å². The van der Waals surface area contributed by atoms with Gasteiger partial charge in [0, 0.05) is 24.5 Å². The van der Waals surface area contributed by atoms with Crippen molar-refractivity contribution in [2.45, 2.75) is 6.54 Å². The Morgan fingerprint density at radius 2 is 2.05 bits per heavy atom.